The lowest BCUT2D eigenvalue weighted by Crippen LogP contribution is -2.45. The van der Waals surface area contributed by atoms with Crippen molar-refractivity contribution in [3.05, 3.63) is 83.3 Å². The molecule has 6 nitrogen and oxygen atoms in total. The molecule has 2 rings (SSSR count). The lowest BCUT2D eigenvalue weighted by Gasteiger charge is -2.26. The monoisotopic (exact) mass is 358 g/mol. The summed E-state index contributed by atoms with van der Waals surface area (Å²) in [4.78, 5) is 0. The van der Waals surface area contributed by atoms with Gasteiger partial charge in [0.1, 0.15) is 35.9 Å². The molecule has 0 bridgehead atoms. The van der Waals surface area contributed by atoms with Crippen molar-refractivity contribution >= 4 is 12.2 Å². The van der Waals surface area contributed by atoms with E-state index >= 15 is 0 Å². The van der Waals surface area contributed by atoms with Crippen LogP contribution in [-0.2, 0) is 0 Å². The van der Waals surface area contributed by atoms with E-state index in [-0.39, 0.29) is 0 Å². The molecule has 0 amide bonds. The summed E-state index contributed by atoms with van der Waals surface area (Å²) in [6, 6.07) is 17.2. The SMILES string of the molecule is O/C(=C\c1ccccc1)[C@@H](O)[C@@H](O)[C@H](O)[C@@H](O)/C(O)=C\c1ccccc1. The Labute approximate surface area is 151 Å². The molecule has 0 aliphatic rings. The molecule has 0 fully saturated rings. The molecule has 2 aromatic rings. The van der Waals surface area contributed by atoms with E-state index in [4.69, 9.17) is 0 Å². The first-order valence-corrected chi connectivity index (χ1v) is 8.03. The van der Waals surface area contributed by atoms with Crippen LogP contribution in [0, 0.1) is 0 Å². The minimum absolute atomic E-state index is 0.582. The molecule has 2 aromatic carbocycles. The third kappa shape index (κ3) is 5.18. The summed E-state index contributed by atoms with van der Waals surface area (Å²) in [5.41, 5.74) is 1.16. The molecule has 6 N–H and O–H groups in total. The number of rotatable bonds is 7. The largest absolute Gasteiger partial charge is 0.509 e. The molecule has 6 heteroatoms. The summed E-state index contributed by atoms with van der Waals surface area (Å²) >= 11 is 0. The van der Waals surface area contributed by atoms with Gasteiger partial charge in [-0.15, -0.1) is 0 Å². The average Bonchev–Trinajstić information content (AvgIpc) is 2.67. The summed E-state index contributed by atoms with van der Waals surface area (Å²) in [6.45, 7) is 0. The van der Waals surface area contributed by atoms with Crippen LogP contribution >= 0.6 is 0 Å². The molecule has 0 spiro atoms. The average molecular weight is 358 g/mol. The lowest BCUT2D eigenvalue weighted by atomic mass is 9.99. The second kappa shape index (κ2) is 9.17. The number of aliphatic hydroxyl groups is 6. The van der Waals surface area contributed by atoms with Crippen molar-refractivity contribution in [3.63, 3.8) is 0 Å². The van der Waals surface area contributed by atoms with E-state index in [0.717, 1.165) is 0 Å². The Morgan fingerprint density at radius 3 is 1.19 bits per heavy atom. The van der Waals surface area contributed by atoms with Crippen molar-refractivity contribution in [2.75, 3.05) is 0 Å². The van der Waals surface area contributed by atoms with Gasteiger partial charge in [-0.1, -0.05) is 60.7 Å². The van der Waals surface area contributed by atoms with E-state index < -0.39 is 35.9 Å². The predicted octanol–water partition coefficient (Wildman–Crippen LogP) is 1.63. The van der Waals surface area contributed by atoms with Crippen LogP contribution in [0.3, 0.4) is 0 Å². The fourth-order valence-electron chi connectivity index (χ4n) is 2.33. The van der Waals surface area contributed by atoms with Crippen molar-refractivity contribution in [2.24, 2.45) is 0 Å². The molecular formula is C20H22O6. The zero-order chi connectivity index (χ0) is 19.1. The standard InChI is InChI=1S/C20H22O6/c21-15(11-13-7-3-1-4-8-13)17(23)19(25)20(26)18(24)16(22)12-14-9-5-2-6-10-14/h1-12,17-26H/b15-11-,16-12+/t17-,18+,19-,20-/m1/s1. The zero-order valence-electron chi connectivity index (χ0n) is 13.9. The van der Waals surface area contributed by atoms with Gasteiger partial charge < -0.3 is 30.6 Å². The Bertz CT molecular complexity index is 676. The first-order valence-electron chi connectivity index (χ1n) is 8.03. The highest BCUT2D eigenvalue weighted by atomic mass is 16.4. The van der Waals surface area contributed by atoms with Gasteiger partial charge in [-0.3, -0.25) is 0 Å². The third-order valence-electron chi connectivity index (χ3n) is 3.83. The van der Waals surface area contributed by atoms with Gasteiger partial charge in [0, 0.05) is 0 Å². The third-order valence-corrected chi connectivity index (χ3v) is 3.83. The normalized spacial score (nSPS) is 17.4. The van der Waals surface area contributed by atoms with Crippen LogP contribution in [0.5, 0.6) is 0 Å². The fraction of sp³-hybridized carbons (Fsp3) is 0.200. The van der Waals surface area contributed by atoms with Crippen LogP contribution < -0.4 is 0 Å². The van der Waals surface area contributed by atoms with Crippen LogP contribution in [0.25, 0.3) is 12.2 Å². The maximum atomic E-state index is 10.0. The van der Waals surface area contributed by atoms with Gasteiger partial charge in [0.15, 0.2) is 0 Å². The molecule has 0 aliphatic heterocycles. The van der Waals surface area contributed by atoms with Gasteiger partial charge in [-0.2, -0.15) is 0 Å². The van der Waals surface area contributed by atoms with Crippen LogP contribution in [0.4, 0.5) is 0 Å². The molecule has 0 heterocycles. The van der Waals surface area contributed by atoms with Crippen LogP contribution in [0.15, 0.2) is 72.2 Å². The Hall–Kier alpha value is -2.64. The number of aliphatic hydroxyl groups excluding tert-OH is 6. The van der Waals surface area contributed by atoms with E-state index in [1.165, 1.54) is 12.2 Å². The fourth-order valence-corrected chi connectivity index (χ4v) is 2.33. The molecule has 0 aromatic heterocycles. The molecule has 0 unspecified atom stereocenters. The van der Waals surface area contributed by atoms with Crippen molar-refractivity contribution in [3.8, 4) is 0 Å². The Morgan fingerprint density at radius 2 is 0.885 bits per heavy atom. The minimum atomic E-state index is -1.92. The van der Waals surface area contributed by atoms with Crippen molar-refractivity contribution < 1.29 is 30.6 Å². The topological polar surface area (TPSA) is 121 Å². The van der Waals surface area contributed by atoms with E-state index in [1.54, 1.807) is 60.7 Å². The highest BCUT2D eigenvalue weighted by Crippen LogP contribution is 2.17. The minimum Gasteiger partial charge on any atom is -0.509 e. The summed E-state index contributed by atoms with van der Waals surface area (Å²) in [7, 11) is 0. The van der Waals surface area contributed by atoms with Crippen LogP contribution in [0.2, 0.25) is 0 Å². The first kappa shape index (κ1) is 19.7. The van der Waals surface area contributed by atoms with Gasteiger partial charge >= 0.3 is 0 Å². The summed E-state index contributed by atoms with van der Waals surface area (Å²) in [5.74, 6) is -1.16. The number of hydrogen-bond acceptors (Lipinski definition) is 6. The van der Waals surface area contributed by atoms with Crippen LogP contribution in [0.1, 0.15) is 11.1 Å². The number of hydrogen-bond donors (Lipinski definition) is 6. The van der Waals surface area contributed by atoms with Gasteiger partial charge in [0.2, 0.25) is 0 Å². The second-order valence-corrected chi connectivity index (χ2v) is 5.83. The molecular weight excluding hydrogens is 336 g/mol. The highest BCUT2D eigenvalue weighted by Gasteiger charge is 2.34. The zero-order valence-corrected chi connectivity index (χ0v) is 13.9. The van der Waals surface area contributed by atoms with E-state index in [1.807, 2.05) is 0 Å². The lowest BCUT2D eigenvalue weighted by molar-refractivity contribution is -0.0996. The quantitative estimate of drug-likeness (QED) is 0.419. The maximum Gasteiger partial charge on any atom is 0.139 e. The Balaban J connectivity index is 2.08. The smallest absolute Gasteiger partial charge is 0.139 e. The van der Waals surface area contributed by atoms with Gasteiger partial charge in [-0.25, -0.2) is 0 Å². The van der Waals surface area contributed by atoms with Gasteiger partial charge in [0.05, 0.1) is 0 Å². The van der Waals surface area contributed by atoms with Crippen molar-refractivity contribution in [2.45, 2.75) is 24.4 Å². The summed E-state index contributed by atoms with van der Waals surface area (Å²) in [5, 5.41) is 59.9. The summed E-state index contributed by atoms with van der Waals surface area (Å²) in [6.07, 6.45) is -5.07. The Kier molecular flexibility index (Phi) is 6.94. The molecule has 0 saturated heterocycles. The second-order valence-electron chi connectivity index (χ2n) is 5.83. The van der Waals surface area contributed by atoms with Crippen molar-refractivity contribution in [1.82, 2.24) is 0 Å². The molecule has 0 saturated carbocycles. The van der Waals surface area contributed by atoms with Gasteiger partial charge in [-0.05, 0) is 23.3 Å². The van der Waals surface area contributed by atoms with E-state index in [0.29, 0.717) is 11.1 Å². The maximum absolute atomic E-state index is 10.0. The van der Waals surface area contributed by atoms with Gasteiger partial charge in [0.25, 0.3) is 0 Å². The Morgan fingerprint density at radius 1 is 0.577 bits per heavy atom. The molecule has 26 heavy (non-hydrogen) atoms. The van der Waals surface area contributed by atoms with Crippen LogP contribution in [-0.4, -0.2) is 55.1 Å². The highest BCUT2D eigenvalue weighted by molar-refractivity contribution is 5.52. The molecule has 138 valence electrons. The molecule has 0 aliphatic carbocycles. The van der Waals surface area contributed by atoms with E-state index in [9.17, 15) is 30.6 Å². The van der Waals surface area contributed by atoms with Crippen molar-refractivity contribution in [1.29, 1.82) is 0 Å². The number of benzene rings is 2. The van der Waals surface area contributed by atoms with E-state index in [2.05, 4.69) is 0 Å². The predicted molar refractivity (Wildman–Crippen MR) is 98.1 cm³/mol. The first-order chi connectivity index (χ1) is 12.4. The molecule has 0 radical (unpaired) electrons. The molecule has 4 atom stereocenters. The summed E-state index contributed by atoms with van der Waals surface area (Å²) < 4.78 is 0.